The third-order valence-corrected chi connectivity index (χ3v) is 6.36. The van der Waals surface area contributed by atoms with E-state index in [9.17, 15) is 14.7 Å². The van der Waals surface area contributed by atoms with Gasteiger partial charge in [0.05, 0.1) is 5.60 Å². The van der Waals surface area contributed by atoms with Crippen LogP contribution in [0, 0.1) is 11.8 Å². The number of amides is 2. The number of nitrogens with zero attached hydrogens (tertiary/aromatic N) is 1. The molecular weight excluding hydrogens is 392 g/mol. The lowest BCUT2D eigenvalue weighted by molar-refractivity contribution is -0.131. The predicted molar refractivity (Wildman–Crippen MR) is 121 cm³/mol. The van der Waals surface area contributed by atoms with E-state index in [1.807, 2.05) is 6.07 Å². The molecule has 3 aliphatic rings. The number of allylic oxidation sites excluding steroid dienone is 1. The lowest BCUT2D eigenvalue weighted by Gasteiger charge is -2.48. The highest BCUT2D eigenvalue weighted by atomic mass is 16.6. The first-order valence-electron chi connectivity index (χ1n) is 11.3. The summed E-state index contributed by atoms with van der Waals surface area (Å²) in [4.78, 5) is 25.8. The van der Waals surface area contributed by atoms with Gasteiger partial charge in [0.15, 0.2) is 0 Å². The van der Waals surface area contributed by atoms with Crippen LogP contribution in [0.3, 0.4) is 0 Å². The van der Waals surface area contributed by atoms with E-state index in [4.69, 9.17) is 4.74 Å². The number of rotatable bonds is 7. The van der Waals surface area contributed by atoms with Crippen molar-refractivity contribution in [2.75, 3.05) is 20.1 Å². The monoisotopic (exact) mass is 428 g/mol. The van der Waals surface area contributed by atoms with Crippen molar-refractivity contribution in [1.82, 2.24) is 10.2 Å². The van der Waals surface area contributed by atoms with Crippen molar-refractivity contribution in [1.29, 1.82) is 0 Å². The maximum atomic E-state index is 12.4. The zero-order valence-corrected chi connectivity index (χ0v) is 19.2. The second-order valence-corrected chi connectivity index (χ2v) is 9.92. The zero-order valence-electron chi connectivity index (χ0n) is 19.2. The van der Waals surface area contributed by atoms with E-state index in [0.717, 1.165) is 19.3 Å². The number of alkyl carbamates (subject to hydrolysis) is 1. The van der Waals surface area contributed by atoms with Gasteiger partial charge >= 0.3 is 6.09 Å². The Balaban J connectivity index is 1.48. The normalized spacial score (nSPS) is 25.0. The zero-order chi connectivity index (χ0) is 22.6. The molecule has 1 fully saturated rings. The van der Waals surface area contributed by atoms with Crippen LogP contribution in [0.2, 0.25) is 0 Å². The molecule has 4 rings (SSSR count). The number of hydrogen-bond donors (Lipinski definition) is 2. The molecule has 2 bridgehead atoms. The minimum absolute atomic E-state index is 0.0545. The van der Waals surface area contributed by atoms with Gasteiger partial charge in [-0.1, -0.05) is 36.4 Å². The molecule has 0 aliphatic heterocycles. The number of aliphatic hydroxyl groups is 1. The third-order valence-electron chi connectivity index (χ3n) is 6.36. The van der Waals surface area contributed by atoms with Crippen LogP contribution >= 0.6 is 0 Å². The van der Waals surface area contributed by atoms with Crippen LogP contribution in [-0.2, 0) is 9.53 Å². The molecule has 170 valence electrons. The number of benzene rings is 1. The van der Waals surface area contributed by atoms with Gasteiger partial charge in [-0.3, -0.25) is 4.79 Å². The fourth-order valence-corrected chi connectivity index (χ4v) is 4.70. The Morgan fingerprint density at radius 2 is 1.94 bits per heavy atom. The molecule has 0 saturated heterocycles. The molecule has 2 N–H and O–H groups in total. The highest BCUT2D eigenvalue weighted by molar-refractivity contribution is 5.77. The summed E-state index contributed by atoms with van der Waals surface area (Å²) in [6.45, 7) is 6.13. The van der Waals surface area contributed by atoms with E-state index in [-0.39, 0.29) is 24.8 Å². The van der Waals surface area contributed by atoms with Gasteiger partial charge in [-0.15, -0.1) is 0 Å². The summed E-state index contributed by atoms with van der Waals surface area (Å²) in [6.07, 6.45) is 5.37. The largest absolute Gasteiger partial charge is 0.444 e. The van der Waals surface area contributed by atoms with Crippen molar-refractivity contribution < 1.29 is 19.4 Å². The number of nitrogens with one attached hydrogen (secondary N) is 1. The average Bonchev–Trinajstić information content (AvgIpc) is 2.71. The molecule has 0 unspecified atom stereocenters. The number of hydrogen-bond acceptors (Lipinski definition) is 4. The maximum Gasteiger partial charge on any atom is 0.407 e. The van der Waals surface area contributed by atoms with Crippen molar-refractivity contribution in [2.45, 2.75) is 64.1 Å². The maximum absolute atomic E-state index is 12.4. The van der Waals surface area contributed by atoms with Crippen LogP contribution in [0.1, 0.15) is 58.4 Å². The first kappa shape index (κ1) is 23.3. The van der Waals surface area contributed by atoms with Crippen molar-refractivity contribution in [3.8, 4) is 0 Å². The SMILES string of the molecule is CN(CC[C@]1(O)C[C@H]2CC[C@@H]1C=C2c1ccccc1)C(=O)CCNC(=O)OC(C)(C)C. The topological polar surface area (TPSA) is 78.9 Å². The van der Waals surface area contributed by atoms with Gasteiger partial charge in [0.1, 0.15) is 5.60 Å². The summed E-state index contributed by atoms with van der Waals surface area (Å²) in [7, 11) is 1.76. The molecule has 0 heterocycles. The average molecular weight is 429 g/mol. The Morgan fingerprint density at radius 3 is 2.55 bits per heavy atom. The lowest BCUT2D eigenvalue weighted by atomic mass is 9.61. The van der Waals surface area contributed by atoms with Gasteiger partial charge in [0, 0.05) is 32.5 Å². The van der Waals surface area contributed by atoms with Crippen LogP contribution in [0.5, 0.6) is 0 Å². The van der Waals surface area contributed by atoms with Crippen LogP contribution < -0.4 is 5.32 Å². The first-order valence-corrected chi connectivity index (χ1v) is 11.3. The minimum Gasteiger partial charge on any atom is -0.444 e. The van der Waals surface area contributed by atoms with E-state index < -0.39 is 17.3 Å². The van der Waals surface area contributed by atoms with Crippen LogP contribution in [0.15, 0.2) is 36.4 Å². The summed E-state index contributed by atoms with van der Waals surface area (Å²) in [5, 5.41) is 14.0. The molecule has 1 aromatic rings. The summed E-state index contributed by atoms with van der Waals surface area (Å²) in [6, 6.07) is 10.4. The van der Waals surface area contributed by atoms with Crippen LogP contribution in [0.4, 0.5) is 4.79 Å². The first-order chi connectivity index (χ1) is 14.6. The predicted octanol–water partition coefficient (Wildman–Crippen LogP) is 3.99. The molecule has 6 heteroatoms. The molecule has 31 heavy (non-hydrogen) atoms. The smallest absolute Gasteiger partial charge is 0.407 e. The van der Waals surface area contributed by atoms with Gasteiger partial charge in [0.25, 0.3) is 0 Å². The molecule has 1 aromatic carbocycles. The second kappa shape index (κ2) is 9.43. The Labute approximate surface area is 185 Å². The van der Waals surface area contributed by atoms with Gasteiger partial charge in [-0.2, -0.15) is 0 Å². The van der Waals surface area contributed by atoms with E-state index in [2.05, 4.69) is 35.7 Å². The molecule has 6 nitrogen and oxygen atoms in total. The van der Waals surface area contributed by atoms with Crippen molar-refractivity contribution in [3.05, 3.63) is 42.0 Å². The van der Waals surface area contributed by atoms with Crippen molar-refractivity contribution in [3.63, 3.8) is 0 Å². The molecule has 3 atom stereocenters. The number of ether oxygens (including phenoxy) is 1. The van der Waals surface area contributed by atoms with E-state index >= 15 is 0 Å². The summed E-state index contributed by atoms with van der Waals surface area (Å²) in [5.74, 6) is 0.447. The molecule has 2 amide bonds. The highest BCUT2D eigenvalue weighted by Gasteiger charge is 2.46. The number of carbonyl (C=O) groups is 2. The molecule has 3 aliphatic carbocycles. The quantitative estimate of drug-likeness (QED) is 0.688. The van der Waals surface area contributed by atoms with Gasteiger partial charge < -0.3 is 20.1 Å². The minimum atomic E-state index is -0.759. The Hall–Kier alpha value is -2.34. The van der Waals surface area contributed by atoms with E-state index in [1.165, 1.54) is 11.1 Å². The van der Waals surface area contributed by atoms with Gasteiger partial charge in [-0.25, -0.2) is 4.79 Å². The molecule has 0 spiro atoms. The summed E-state index contributed by atoms with van der Waals surface area (Å²) >= 11 is 0. The van der Waals surface area contributed by atoms with E-state index in [1.54, 1.807) is 32.7 Å². The van der Waals surface area contributed by atoms with Gasteiger partial charge in [-0.05, 0) is 63.5 Å². The number of fused-ring (bicyclic) bond motifs is 2. The Morgan fingerprint density at radius 1 is 1.23 bits per heavy atom. The molecule has 0 aromatic heterocycles. The Bertz CT molecular complexity index is 815. The summed E-state index contributed by atoms with van der Waals surface area (Å²) in [5.41, 5.74) is 1.29. The van der Waals surface area contributed by atoms with Crippen molar-refractivity contribution >= 4 is 17.6 Å². The lowest BCUT2D eigenvalue weighted by Crippen LogP contribution is -2.48. The molecular formula is C25H36N2O4. The molecule has 0 radical (unpaired) electrons. The fraction of sp³-hybridized carbons (Fsp3) is 0.600. The van der Waals surface area contributed by atoms with Crippen LogP contribution in [-0.4, -0.2) is 53.3 Å². The fourth-order valence-electron chi connectivity index (χ4n) is 4.70. The summed E-state index contributed by atoms with van der Waals surface area (Å²) < 4.78 is 5.18. The van der Waals surface area contributed by atoms with E-state index in [0.29, 0.717) is 18.9 Å². The van der Waals surface area contributed by atoms with Gasteiger partial charge in [0.2, 0.25) is 5.91 Å². The number of carbonyl (C=O) groups excluding carboxylic acids is 2. The van der Waals surface area contributed by atoms with Crippen LogP contribution in [0.25, 0.3) is 5.57 Å². The second-order valence-electron chi connectivity index (χ2n) is 9.92. The third kappa shape index (κ3) is 6.10. The highest BCUT2D eigenvalue weighted by Crippen LogP contribution is 2.51. The Kier molecular flexibility index (Phi) is 7.10. The standard InChI is InChI=1S/C25H36N2O4/c1-24(2,3)31-23(29)26-14-12-22(28)27(4)15-13-25(30)17-19-10-11-20(25)16-21(19)18-8-6-5-7-9-18/h5-9,16,19-20,30H,10-15,17H2,1-4H3,(H,26,29)/t19-,20-,25+/m1/s1. The molecule has 1 saturated carbocycles. The van der Waals surface area contributed by atoms with Crippen molar-refractivity contribution in [2.24, 2.45) is 11.8 Å².